The van der Waals surface area contributed by atoms with Gasteiger partial charge in [-0.15, -0.1) is 0 Å². The molecule has 0 aliphatic rings. The first-order valence-corrected chi connectivity index (χ1v) is 5.08. The van der Waals surface area contributed by atoms with E-state index in [0.29, 0.717) is 12.8 Å². The summed E-state index contributed by atoms with van der Waals surface area (Å²) in [5.74, 6) is 0. The van der Waals surface area contributed by atoms with E-state index in [4.69, 9.17) is 0 Å². The highest BCUT2D eigenvalue weighted by Crippen LogP contribution is 2.37. The van der Waals surface area contributed by atoms with Crippen molar-refractivity contribution in [1.82, 2.24) is 0 Å². The summed E-state index contributed by atoms with van der Waals surface area (Å²) < 4.78 is 13.7. The molecule has 0 bridgehead atoms. The summed E-state index contributed by atoms with van der Waals surface area (Å²) in [5, 5.41) is 0. The molecule has 0 aliphatic heterocycles. The average Bonchev–Trinajstić information content (AvgIpc) is 2.04. The molecule has 1 heteroatoms. The van der Waals surface area contributed by atoms with Gasteiger partial charge in [-0.05, 0) is 25.2 Å². The molecule has 0 N–H and O–H groups in total. The van der Waals surface area contributed by atoms with Crippen molar-refractivity contribution in [1.29, 1.82) is 0 Å². The molecule has 0 fully saturated rings. The van der Waals surface area contributed by atoms with E-state index >= 15 is 0 Å². The molecule has 12 heavy (non-hydrogen) atoms. The molecule has 0 radical (unpaired) electrons. The number of alkyl halides is 1. The van der Waals surface area contributed by atoms with Crippen molar-refractivity contribution in [3.8, 4) is 0 Å². The summed E-state index contributed by atoms with van der Waals surface area (Å²) >= 11 is 0. The average molecular weight is 174 g/mol. The van der Waals surface area contributed by atoms with Gasteiger partial charge in [-0.3, -0.25) is 0 Å². The first-order chi connectivity index (χ1) is 5.39. The van der Waals surface area contributed by atoms with E-state index in [9.17, 15) is 4.39 Å². The zero-order valence-electron chi connectivity index (χ0n) is 9.21. The van der Waals surface area contributed by atoms with Crippen LogP contribution in [-0.4, -0.2) is 5.67 Å². The Balaban J connectivity index is 4.20. The van der Waals surface area contributed by atoms with Gasteiger partial charge in [0.25, 0.3) is 0 Å². The fraction of sp³-hybridized carbons (Fsp3) is 1.00. The van der Waals surface area contributed by atoms with Crippen LogP contribution in [0, 0.1) is 5.41 Å². The van der Waals surface area contributed by atoms with Gasteiger partial charge in [0.2, 0.25) is 0 Å². The van der Waals surface area contributed by atoms with Crippen LogP contribution in [0.1, 0.15) is 60.3 Å². The molecular weight excluding hydrogens is 151 g/mol. The predicted molar refractivity (Wildman–Crippen MR) is 53.1 cm³/mol. The molecule has 0 aromatic carbocycles. The Morgan fingerprint density at radius 1 is 0.917 bits per heavy atom. The normalized spacial score (nSPS) is 17.5. The van der Waals surface area contributed by atoms with Gasteiger partial charge in [0.1, 0.15) is 5.67 Å². The maximum absolute atomic E-state index is 13.7. The summed E-state index contributed by atoms with van der Waals surface area (Å²) in [4.78, 5) is 0. The molecule has 74 valence electrons. The van der Waals surface area contributed by atoms with E-state index < -0.39 is 5.67 Å². The summed E-state index contributed by atoms with van der Waals surface area (Å²) in [5.41, 5.74) is -0.778. The molecule has 0 aromatic rings. The first-order valence-electron chi connectivity index (χ1n) is 5.08. The Morgan fingerprint density at radius 3 is 1.58 bits per heavy atom. The van der Waals surface area contributed by atoms with Crippen molar-refractivity contribution in [3.63, 3.8) is 0 Å². The van der Waals surface area contributed by atoms with Crippen LogP contribution in [0.4, 0.5) is 4.39 Å². The number of rotatable bonds is 5. The van der Waals surface area contributed by atoms with Crippen LogP contribution in [-0.2, 0) is 0 Å². The Bertz CT molecular complexity index is 123. The predicted octanol–water partition coefficient (Wildman–Crippen LogP) is 4.34. The molecule has 0 amide bonds. The number of hydrogen-bond donors (Lipinski definition) is 0. The quantitative estimate of drug-likeness (QED) is 0.581. The second-order valence-corrected chi connectivity index (χ2v) is 4.46. The summed E-state index contributed by atoms with van der Waals surface area (Å²) in [6.07, 6.45) is 3.47. The molecule has 0 rings (SSSR count). The SMILES string of the molecule is CCC(C)(CC)C[C@@](C)(F)CC. The monoisotopic (exact) mass is 174 g/mol. The van der Waals surface area contributed by atoms with Gasteiger partial charge >= 0.3 is 0 Å². The van der Waals surface area contributed by atoms with Crippen LogP contribution in [0.3, 0.4) is 0 Å². The molecule has 0 aromatic heterocycles. The molecule has 0 saturated heterocycles. The third-order valence-electron chi connectivity index (χ3n) is 3.24. The van der Waals surface area contributed by atoms with E-state index in [1.54, 1.807) is 6.92 Å². The van der Waals surface area contributed by atoms with Gasteiger partial charge in [-0.1, -0.05) is 40.5 Å². The Morgan fingerprint density at radius 2 is 1.33 bits per heavy atom. The fourth-order valence-corrected chi connectivity index (χ4v) is 1.51. The minimum Gasteiger partial charge on any atom is -0.244 e. The largest absolute Gasteiger partial charge is 0.244 e. The lowest BCUT2D eigenvalue weighted by Gasteiger charge is -2.33. The molecule has 0 unspecified atom stereocenters. The van der Waals surface area contributed by atoms with Crippen LogP contribution >= 0.6 is 0 Å². The highest BCUT2D eigenvalue weighted by molar-refractivity contribution is 4.82. The summed E-state index contributed by atoms with van der Waals surface area (Å²) in [7, 11) is 0. The van der Waals surface area contributed by atoms with E-state index in [2.05, 4.69) is 20.8 Å². The van der Waals surface area contributed by atoms with Crippen molar-refractivity contribution in [3.05, 3.63) is 0 Å². The van der Waals surface area contributed by atoms with Crippen molar-refractivity contribution in [2.45, 2.75) is 66.0 Å². The molecule has 1 atom stereocenters. The number of hydrogen-bond acceptors (Lipinski definition) is 0. The standard InChI is InChI=1S/C11H23F/c1-6-10(4,7-2)9-11(5,12)8-3/h6-9H2,1-5H3/t11-/m0/s1. The Labute approximate surface area is 76.6 Å². The van der Waals surface area contributed by atoms with Gasteiger partial charge in [-0.25, -0.2) is 4.39 Å². The van der Waals surface area contributed by atoms with E-state index in [1.807, 2.05) is 6.92 Å². The van der Waals surface area contributed by atoms with Crippen LogP contribution in [0.15, 0.2) is 0 Å². The topological polar surface area (TPSA) is 0 Å². The third-order valence-corrected chi connectivity index (χ3v) is 3.24. The molecule has 0 nitrogen and oxygen atoms in total. The highest BCUT2D eigenvalue weighted by Gasteiger charge is 2.31. The minimum atomic E-state index is -0.971. The third kappa shape index (κ3) is 3.55. The van der Waals surface area contributed by atoms with Crippen molar-refractivity contribution < 1.29 is 4.39 Å². The van der Waals surface area contributed by atoms with Crippen LogP contribution in [0.25, 0.3) is 0 Å². The van der Waals surface area contributed by atoms with Gasteiger partial charge in [0.15, 0.2) is 0 Å². The first kappa shape index (κ1) is 11.9. The second kappa shape index (κ2) is 4.25. The zero-order chi connectivity index (χ0) is 9.83. The van der Waals surface area contributed by atoms with Crippen LogP contribution in [0.5, 0.6) is 0 Å². The summed E-state index contributed by atoms with van der Waals surface area (Å²) in [6, 6.07) is 0. The van der Waals surface area contributed by atoms with Gasteiger partial charge in [0, 0.05) is 0 Å². The second-order valence-electron chi connectivity index (χ2n) is 4.46. The molecule has 0 heterocycles. The van der Waals surface area contributed by atoms with Crippen molar-refractivity contribution in [2.24, 2.45) is 5.41 Å². The van der Waals surface area contributed by atoms with E-state index in [1.165, 1.54) is 0 Å². The van der Waals surface area contributed by atoms with Crippen LogP contribution < -0.4 is 0 Å². The van der Waals surface area contributed by atoms with E-state index in [-0.39, 0.29) is 5.41 Å². The molecule has 0 aliphatic carbocycles. The van der Waals surface area contributed by atoms with Crippen molar-refractivity contribution >= 4 is 0 Å². The van der Waals surface area contributed by atoms with Crippen LogP contribution in [0.2, 0.25) is 0 Å². The fourth-order valence-electron chi connectivity index (χ4n) is 1.51. The Hall–Kier alpha value is -0.0700. The maximum Gasteiger partial charge on any atom is 0.108 e. The molecule has 0 spiro atoms. The lowest BCUT2D eigenvalue weighted by molar-refractivity contribution is 0.0904. The number of halogens is 1. The lowest BCUT2D eigenvalue weighted by Crippen LogP contribution is -2.27. The maximum atomic E-state index is 13.7. The van der Waals surface area contributed by atoms with E-state index in [0.717, 1.165) is 12.8 Å². The van der Waals surface area contributed by atoms with Gasteiger partial charge in [-0.2, -0.15) is 0 Å². The molecule has 0 saturated carbocycles. The zero-order valence-corrected chi connectivity index (χ0v) is 9.21. The Kier molecular flexibility index (Phi) is 4.22. The molecular formula is C11H23F. The smallest absolute Gasteiger partial charge is 0.108 e. The summed E-state index contributed by atoms with van der Waals surface area (Å²) in [6.45, 7) is 10.1. The van der Waals surface area contributed by atoms with Gasteiger partial charge < -0.3 is 0 Å². The lowest BCUT2D eigenvalue weighted by atomic mass is 9.75. The minimum absolute atomic E-state index is 0.194. The van der Waals surface area contributed by atoms with Crippen molar-refractivity contribution in [2.75, 3.05) is 0 Å². The van der Waals surface area contributed by atoms with Gasteiger partial charge in [0.05, 0.1) is 0 Å². The highest BCUT2D eigenvalue weighted by atomic mass is 19.1.